The Balaban J connectivity index is 0.000000547. The molecule has 33 heteroatoms. The van der Waals surface area contributed by atoms with E-state index in [2.05, 4.69) is 11.8 Å². The van der Waals surface area contributed by atoms with E-state index in [0.29, 0.717) is 62.5 Å². The van der Waals surface area contributed by atoms with E-state index in [4.69, 9.17) is 72.5 Å². The summed E-state index contributed by atoms with van der Waals surface area (Å²) in [5.74, 6) is -0.0152. The minimum atomic E-state index is -0.307. The van der Waals surface area contributed by atoms with Crippen LogP contribution in [0.3, 0.4) is 0 Å². The average Bonchev–Trinajstić information content (AvgIpc) is 1.11. The quantitative estimate of drug-likeness (QED) is 0.0831. The van der Waals surface area contributed by atoms with Crippen molar-refractivity contribution in [2.45, 2.75) is 72.9 Å². The molecule has 0 atom stereocenters. The molecule has 10 amide bonds. The number of aliphatic hydroxyl groups excluding tert-OH is 4. The molecule has 90 heavy (non-hydrogen) atoms. The number of aliphatic hydroxyl groups is 4. The lowest BCUT2D eigenvalue weighted by molar-refractivity contribution is -0.102. The molecular weight excluding hydrogens is 1190 g/mol. The first-order valence-electron chi connectivity index (χ1n) is 28.5. The van der Waals surface area contributed by atoms with Crippen LogP contribution in [0.1, 0.15) is 67.5 Å². The highest BCUT2D eigenvalue weighted by molar-refractivity contribution is 5.79. The molecule has 518 valence electrons. The second kappa shape index (κ2) is 45.1. The second-order valence-corrected chi connectivity index (χ2v) is 21.3. The van der Waals surface area contributed by atoms with Crippen molar-refractivity contribution < 1.29 is 107 Å². The van der Waals surface area contributed by atoms with Gasteiger partial charge < -0.3 is 92.5 Å². The third-order valence-electron chi connectivity index (χ3n) is 13.0. The molecule has 6 N–H and O–H groups in total. The summed E-state index contributed by atoms with van der Waals surface area (Å²) in [5, 5.41) is 54.9. The van der Waals surface area contributed by atoms with Crippen LogP contribution in [0.15, 0.2) is 24.3 Å². The smallest absolute Gasteiger partial charge is 0.327 e. The van der Waals surface area contributed by atoms with Crippen molar-refractivity contribution in [2.75, 3.05) is 198 Å². The zero-order valence-electron chi connectivity index (χ0n) is 55.4. The van der Waals surface area contributed by atoms with Gasteiger partial charge in [-0.15, -0.1) is 0 Å². The van der Waals surface area contributed by atoms with Gasteiger partial charge in [-0.3, -0.25) is 44.1 Å². The van der Waals surface area contributed by atoms with Gasteiger partial charge in [-0.05, 0) is 43.0 Å². The predicted molar refractivity (Wildman–Crippen MR) is 324 cm³/mol. The van der Waals surface area contributed by atoms with Crippen molar-refractivity contribution in [1.29, 1.82) is 0 Å². The van der Waals surface area contributed by atoms with Crippen LogP contribution < -0.4 is 0 Å². The van der Waals surface area contributed by atoms with Crippen LogP contribution in [0.4, 0.5) is 24.0 Å². The molecular formula is C57H103N11O22. The normalized spacial score (nSPS) is 15.9. The maximum Gasteiger partial charge on any atom is 0.327 e. The predicted octanol–water partition coefficient (Wildman–Crippen LogP) is 2.49. The maximum atomic E-state index is 12.5. The number of phenols is 2. The summed E-state index contributed by atoms with van der Waals surface area (Å²) in [6, 6.07) is 6.14. The molecule has 0 radical (unpaired) electrons. The van der Waals surface area contributed by atoms with Gasteiger partial charge in [-0.1, -0.05) is 45.4 Å². The summed E-state index contributed by atoms with van der Waals surface area (Å²) in [6.07, 6.45) is 0.971. The molecule has 0 aliphatic carbocycles. The first-order valence-corrected chi connectivity index (χ1v) is 28.5. The van der Waals surface area contributed by atoms with E-state index in [1.807, 2.05) is 27.7 Å². The highest BCUT2D eigenvalue weighted by atomic mass is 16.5. The summed E-state index contributed by atoms with van der Waals surface area (Å²) in [5.41, 5.74) is 3.69. The molecule has 4 saturated heterocycles. The number of methoxy groups -OCH3 is 10. The Hall–Kier alpha value is -6.25. The zero-order valence-corrected chi connectivity index (χ0v) is 55.4. The highest BCUT2D eigenvalue weighted by Crippen LogP contribution is 2.31. The van der Waals surface area contributed by atoms with Crippen LogP contribution in [0, 0.1) is 6.92 Å². The number of aryl methyl sites for hydroxylation is 1. The molecule has 33 nitrogen and oxygen atoms in total. The minimum absolute atomic E-state index is 0.00468. The van der Waals surface area contributed by atoms with Crippen LogP contribution in [-0.4, -0.2) is 313 Å². The summed E-state index contributed by atoms with van der Waals surface area (Å²) < 4.78 is 54.7. The van der Waals surface area contributed by atoms with Gasteiger partial charge in [0.25, 0.3) is 0 Å². The summed E-state index contributed by atoms with van der Waals surface area (Å²) in [7, 11) is 15.3. The monoisotopic (exact) mass is 1290 g/mol. The Kier molecular flexibility index (Phi) is 41.0. The third kappa shape index (κ3) is 27.3. The Morgan fingerprint density at radius 3 is 0.911 bits per heavy atom. The first-order chi connectivity index (χ1) is 43.0. The first kappa shape index (κ1) is 81.8. The van der Waals surface area contributed by atoms with E-state index in [-0.39, 0.29) is 141 Å². The molecule has 0 saturated carbocycles. The maximum absolute atomic E-state index is 12.5. The summed E-state index contributed by atoms with van der Waals surface area (Å²) in [6.45, 7) is 15.5. The lowest BCUT2D eigenvalue weighted by Crippen LogP contribution is -2.60. The molecule has 0 bridgehead atoms. The Labute approximate surface area is 529 Å². The minimum Gasteiger partial charge on any atom is -0.507 e. The van der Waals surface area contributed by atoms with Crippen LogP contribution in [0.25, 0.3) is 0 Å². The lowest BCUT2D eigenvalue weighted by Gasteiger charge is -2.40. The van der Waals surface area contributed by atoms with Crippen LogP contribution >= 0.6 is 0 Å². The largest absolute Gasteiger partial charge is 0.507 e. The van der Waals surface area contributed by atoms with Crippen molar-refractivity contribution in [3.05, 3.63) is 57.6 Å². The molecule has 0 spiro atoms. The van der Waals surface area contributed by atoms with Gasteiger partial charge in [0, 0.05) is 106 Å². The number of aromatic hydroxyl groups is 2. The number of hydrogen-bond acceptors (Lipinski definition) is 23. The summed E-state index contributed by atoms with van der Waals surface area (Å²) in [4.78, 5) is 77.2. The third-order valence-corrected chi connectivity index (χ3v) is 13.0. The molecule has 6 rings (SSSR count). The molecule has 4 heterocycles. The standard InChI is InChI=1S/C12H24N4O6.C12H18O3.C9H19N3O3.C9H12O3.C8H16N2O3.C7H14N2O4/c1-19-7-13-5-14(8-20-2)12(18)16(10-22-4)6-15(9-21-3)11(13)17;1-12(2,3)10-4-8(6-13)11(15)9(5-10)7-14;1-4-10-5-11(7-14-2)9(13)12(6-10)8-15-3;1-6-2-7(4-10)9(12)8(3-6)5-11;1-12-6-9-4-3-5-10(7-13-2)8(9)11;1-11-3-8-5-13-6-9(4-12-2)7(8)10/h5-10H2,1-4H3;4-5,13-15H,6-7H2,1-3H3;4-8H2,1-3H3;2-3,10-12H,4-5H2,1H3;3-7H2,1-2H3;3-6H2,1-2H3. The molecule has 0 aromatic heterocycles. The number of nitrogens with zero attached hydrogens (tertiary/aromatic N) is 11. The van der Waals surface area contributed by atoms with Gasteiger partial charge in [0.1, 0.15) is 106 Å². The molecule has 4 aliphatic rings. The second-order valence-electron chi connectivity index (χ2n) is 21.3. The van der Waals surface area contributed by atoms with E-state index in [9.17, 15) is 34.2 Å². The molecule has 4 aliphatic heterocycles. The van der Waals surface area contributed by atoms with Crippen LogP contribution in [0.5, 0.6) is 11.5 Å². The SMILES string of the molecule is CC(C)(C)c1cc(CO)c(O)c(CO)c1.CCN1CN(COC)C(=O)N(COC)C1.COCN1CCCN(COC)C1=O.COCN1CN(COC)C(=O)N(COC)CN(COC)C1=O.COCN1COCN(COC)C1=O.Cc1cc(CO)c(O)c(CO)c1. The number of hydrogen-bond donors (Lipinski definition) is 6. The fourth-order valence-electron chi connectivity index (χ4n) is 8.69. The van der Waals surface area contributed by atoms with E-state index < -0.39 is 0 Å². The molecule has 4 fully saturated rings. The highest BCUT2D eigenvalue weighted by Gasteiger charge is 2.34. The van der Waals surface area contributed by atoms with Crippen molar-refractivity contribution in [3.8, 4) is 11.5 Å². The number of carbonyl (C=O) groups excluding carboxylic acids is 5. The van der Waals surface area contributed by atoms with Crippen LogP contribution in [0.2, 0.25) is 0 Å². The number of benzene rings is 2. The summed E-state index contributed by atoms with van der Waals surface area (Å²) >= 11 is 0. The number of ether oxygens (including phenoxy) is 11. The lowest BCUT2D eigenvalue weighted by atomic mass is 9.85. The van der Waals surface area contributed by atoms with Crippen molar-refractivity contribution in [3.63, 3.8) is 0 Å². The number of carbonyl (C=O) groups is 5. The van der Waals surface area contributed by atoms with Gasteiger partial charge in [0.15, 0.2) is 0 Å². The van der Waals surface area contributed by atoms with E-state index in [1.54, 1.807) is 72.3 Å². The van der Waals surface area contributed by atoms with Gasteiger partial charge in [-0.25, -0.2) is 24.0 Å². The number of amides is 10. The van der Waals surface area contributed by atoms with Gasteiger partial charge in [0.05, 0.1) is 39.8 Å². The number of rotatable bonds is 25. The van der Waals surface area contributed by atoms with Crippen molar-refractivity contribution in [1.82, 2.24) is 53.9 Å². The number of urea groups is 5. The van der Waals surface area contributed by atoms with Gasteiger partial charge >= 0.3 is 30.2 Å². The van der Waals surface area contributed by atoms with E-state index in [0.717, 1.165) is 37.2 Å². The molecule has 2 aromatic carbocycles. The van der Waals surface area contributed by atoms with Crippen LogP contribution in [-0.2, 0) is 83.9 Å². The van der Waals surface area contributed by atoms with Crippen molar-refractivity contribution in [2.24, 2.45) is 0 Å². The Morgan fingerprint density at radius 2 is 0.644 bits per heavy atom. The van der Waals surface area contributed by atoms with Gasteiger partial charge in [-0.2, -0.15) is 0 Å². The fraction of sp³-hybridized carbons (Fsp3) is 0.702. The van der Waals surface area contributed by atoms with E-state index >= 15 is 0 Å². The van der Waals surface area contributed by atoms with Gasteiger partial charge in [0.2, 0.25) is 0 Å². The molecule has 0 unspecified atom stereocenters. The molecule has 2 aromatic rings. The van der Waals surface area contributed by atoms with E-state index in [1.165, 1.54) is 72.1 Å². The fourth-order valence-corrected chi connectivity index (χ4v) is 8.69. The zero-order chi connectivity index (χ0) is 67.9. The Morgan fingerprint density at radius 1 is 0.400 bits per heavy atom. The topological polar surface area (TPSA) is 344 Å². The Bertz CT molecular complexity index is 2170. The average molecular weight is 1290 g/mol. The van der Waals surface area contributed by atoms with Crippen molar-refractivity contribution >= 4 is 30.2 Å².